The predicted octanol–water partition coefficient (Wildman–Crippen LogP) is 2.52. The van der Waals surface area contributed by atoms with Crippen molar-refractivity contribution in [2.45, 2.75) is 13.8 Å². The molecule has 0 aliphatic rings. The van der Waals surface area contributed by atoms with Gasteiger partial charge in [0, 0.05) is 13.1 Å². The minimum absolute atomic E-state index is 0.0500. The molecular formula is C14H21FN2O2. The van der Waals surface area contributed by atoms with E-state index in [2.05, 4.69) is 24.1 Å². The van der Waals surface area contributed by atoms with Crippen LogP contribution < -0.4 is 5.32 Å². The van der Waals surface area contributed by atoms with Gasteiger partial charge in [0.15, 0.2) is 0 Å². The number of nitrogens with one attached hydrogen (secondary N) is 1. The molecule has 0 atom stereocenters. The molecule has 19 heavy (non-hydrogen) atoms. The maximum atomic E-state index is 13.5. The molecule has 0 amide bonds. The molecule has 5 heteroatoms. The summed E-state index contributed by atoms with van der Waals surface area (Å²) in [7, 11) is 3.96. The van der Waals surface area contributed by atoms with Crippen molar-refractivity contribution < 1.29 is 14.3 Å². The number of carboxylic acid groups (broad SMARTS) is 1. The van der Waals surface area contributed by atoms with Crippen LogP contribution in [0.4, 0.5) is 10.1 Å². The normalized spacial score (nSPS) is 11.7. The SMILES string of the molecule is CN(C)CC(C)(C)CNc1cccc(F)c1C(=O)O. The van der Waals surface area contributed by atoms with Crippen LogP contribution in [-0.2, 0) is 0 Å². The fourth-order valence-electron chi connectivity index (χ4n) is 2.14. The molecule has 4 nitrogen and oxygen atoms in total. The van der Waals surface area contributed by atoms with Crippen LogP contribution >= 0.6 is 0 Å². The van der Waals surface area contributed by atoms with Crippen molar-refractivity contribution in [3.8, 4) is 0 Å². The van der Waals surface area contributed by atoms with Crippen molar-refractivity contribution in [3.63, 3.8) is 0 Å². The second-order valence-electron chi connectivity index (χ2n) is 5.72. The Morgan fingerprint density at radius 1 is 1.42 bits per heavy atom. The van der Waals surface area contributed by atoms with Crippen molar-refractivity contribution in [2.24, 2.45) is 5.41 Å². The molecule has 0 aromatic heterocycles. The maximum Gasteiger partial charge on any atom is 0.340 e. The summed E-state index contributed by atoms with van der Waals surface area (Å²) >= 11 is 0. The first kappa shape index (κ1) is 15.4. The molecule has 2 N–H and O–H groups in total. The van der Waals surface area contributed by atoms with Gasteiger partial charge in [-0.05, 0) is 31.6 Å². The quantitative estimate of drug-likeness (QED) is 0.832. The zero-order valence-corrected chi connectivity index (χ0v) is 11.8. The van der Waals surface area contributed by atoms with E-state index in [9.17, 15) is 9.18 Å². The molecule has 0 bridgehead atoms. The van der Waals surface area contributed by atoms with Crippen LogP contribution in [-0.4, -0.2) is 43.2 Å². The number of hydrogen-bond acceptors (Lipinski definition) is 3. The molecule has 0 fully saturated rings. The number of carbonyl (C=O) groups is 1. The Hall–Kier alpha value is -1.62. The standard InChI is InChI=1S/C14H21FN2O2/c1-14(2,9-17(3)4)8-16-11-7-5-6-10(15)12(11)13(18)19/h5-7,16H,8-9H2,1-4H3,(H,18,19). The Balaban J connectivity index is 2.84. The Kier molecular flexibility index (Phi) is 4.89. The van der Waals surface area contributed by atoms with E-state index in [1.807, 2.05) is 14.1 Å². The van der Waals surface area contributed by atoms with Gasteiger partial charge in [-0.15, -0.1) is 0 Å². The van der Waals surface area contributed by atoms with Gasteiger partial charge in [0.1, 0.15) is 11.4 Å². The highest BCUT2D eigenvalue weighted by atomic mass is 19.1. The minimum Gasteiger partial charge on any atom is -0.478 e. The van der Waals surface area contributed by atoms with Gasteiger partial charge in [0.05, 0.1) is 5.69 Å². The largest absolute Gasteiger partial charge is 0.478 e. The Bertz CT molecular complexity index is 459. The number of rotatable bonds is 6. The van der Waals surface area contributed by atoms with Gasteiger partial charge < -0.3 is 15.3 Å². The average molecular weight is 268 g/mol. The van der Waals surface area contributed by atoms with Crippen molar-refractivity contribution >= 4 is 11.7 Å². The molecule has 0 heterocycles. The van der Waals surface area contributed by atoms with Crippen LogP contribution in [0.5, 0.6) is 0 Å². The molecule has 0 spiro atoms. The number of nitrogens with zero attached hydrogens (tertiary/aromatic N) is 1. The van der Waals surface area contributed by atoms with Gasteiger partial charge in [-0.25, -0.2) is 9.18 Å². The van der Waals surface area contributed by atoms with E-state index in [0.717, 1.165) is 12.6 Å². The smallest absolute Gasteiger partial charge is 0.340 e. The number of halogens is 1. The molecule has 0 unspecified atom stereocenters. The molecule has 1 aromatic rings. The molecule has 0 saturated carbocycles. The van der Waals surface area contributed by atoms with E-state index in [4.69, 9.17) is 5.11 Å². The average Bonchev–Trinajstić information content (AvgIpc) is 2.24. The monoisotopic (exact) mass is 268 g/mol. The van der Waals surface area contributed by atoms with Crippen LogP contribution in [0.15, 0.2) is 18.2 Å². The Morgan fingerprint density at radius 3 is 2.58 bits per heavy atom. The van der Waals surface area contributed by atoms with Crippen LogP contribution in [0.1, 0.15) is 24.2 Å². The van der Waals surface area contributed by atoms with E-state index < -0.39 is 11.8 Å². The highest BCUT2D eigenvalue weighted by Gasteiger charge is 2.21. The zero-order chi connectivity index (χ0) is 14.6. The van der Waals surface area contributed by atoms with Gasteiger partial charge in [0.25, 0.3) is 0 Å². The van der Waals surface area contributed by atoms with E-state index in [1.54, 1.807) is 6.07 Å². The van der Waals surface area contributed by atoms with Gasteiger partial charge >= 0.3 is 5.97 Å². The van der Waals surface area contributed by atoms with Gasteiger partial charge in [0.2, 0.25) is 0 Å². The first-order valence-corrected chi connectivity index (χ1v) is 6.13. The van der Waals surface area contributed by atoms with Crippen LogP contribution in [0.3, 0.4) is 0 Å². The third-order valence-electron chi connectivity index (χ3n) is 2.73. The summed E-state index contributed by atoms with van der Waals surface area (Å²) in [5.41, 5.74) is -0.0338. The molecular weight excluding hydrogens is 247 g/mol. The summed E-state index contributed by atoms with van der Waals surface area (Å²) in [5, 5.41) is 12.1. The number of benzene rings is 1. The lowest BCUT2D eigenvalue weighted by Gasteiger charge is -2.29. The topological polar surface area (TPSA) is 52.6 Å². The van der Waals surface area contributed by atoms with Gasteiger partial charge in [-0.1, -0.05) is 19.9 Å². The number of aromatic carboxylic acids is 1. The van der Waals surface area contributed by atoms with Crippen LogP contribution in [0.2, 0.25) is 0 Å². The molecule has 1 rings (SSSR count). The summed E-state index contributed by atoms with van der Waals surface area (Å²) in [6.07, 6.45) is 0. The summed E-state index contributed by atoms with van der Waals surface area (Å²) in [4.78, 5) is 13.1. The van der Waals surface area contributed by atoms with Gasteiger partial charge in [-0.3, -0.25) is 0 Å². The van der Waals surface area contributed by atoms with Crippen molar-refractivity contribution in [2.75, 3.05) is 32.5 Å². The van der Waals surface area contributed by atoms with Crippen LogP contribution in [0.25, 0.3) is 0 Å². The molecule has 0 aliphatic heterocycles. The molecule has 106 valence electrons. The Morgan fingerprint density at radius 2 is 2.05 bits per heavy atom. The van der Waals surface area contributed by atoms with Crippen molar-refractivity contribution in [1.82, 2.24) is 4.90 Å². The lowest BCUT2D eigenvalue weighted by molar-refractivity contribution is 0.0693. The third kappa shape index (κ3) is 4.52. The number of anilines is 1. The van der Waals surface area contributed by atoms with Crippen molar-refractivity contribution in [3.05, 3.63) is 29.6 Å². The zero-order valence-electron chi connectivity index (χ0n) is 11.8. The molecule has 0 aliphatic carbocycles. The van der Waals surface area contributed by atoms with Gasteiger partial charge in [-0.2, -0.15) is 0 Å². The third-order valence-corrected chi connectivity index (χ3v) is 2.73. The molecule has 1 aromatic carbocycles. The number of hydrogen-bond donors (Lipinski definition) is 2. The fourth-order valence-corrected chi connectivity index (χ4v) is 2.14. The van der Waals surface area contributed by atoms with Crippen molar-refractivity contribution in [1.29, 1.82) is 0 Å². The summed E-state index contributed by atoms with van der Waals surface area (Å²) in [6, 6.07) is 4.24. The van der Waals surface area contributed by atoms with E-state index in [1.165, 1.54) is 6.07 Å². The summed E-state index contributed by atoms with van der Waals surface area (Å²) in [6.45, 7) is 5.55. The minimum atomic E-state index is -1.26. The van der Waals surface area contributed by atoms with E-state index in [-0.39, 0.29) is 11.0 Å². The second kappa shape index (κ2) is 6.02. The lowest BCUT2D eigenvalue weighted by Crippen LogP contribution is -2.34. The van der Waals surface area contributed by atoms with E-state index in [0.29, 0.717) is 12.2 Å². The highest BCUT2D eigenvalue weighted by molar-refractivity contribution is 5.94. The summed E-state index contributed by atoms with van der Waals surface area (Å²) in [5.74, 6) is -1.98. The molecule has 0 saturated heterocycles. The predicted molar refractivity (Wildman–Crippen MR) is 74.2 cm³/mol. The van der Waals surface area contributed by atoms with E-state index >= 15 is 0 Å². The molecule has 0 radical (unpaired) electrons. The highest BCUT2D eigenvalue weighted by Crippen LogP contribution is 2.22. The maximum absolute atomic E-state index is 13.5. The first-order chi connectivity index (χ1) is 8.73. The summed E-state index contributed by atoms with van der Waals surface area (Å²) < 4.78 is 13.5. The second-order valence-corrected chi connectivity index (χ2v) is 5.72. The first-order valence-electron chi connectivity index (χ1n) is 6.13. The van der Waals surface area contributed by atoms with Crippen LogP contribution in [0, 0.1) is 11.2 Å². The fraction of sp³-hybridized carbons (Fsp3) is 0.500. The Labute approximate surface area is 113 Å². The lowest BCUT2D eigenvalue weighted by atomic mass is 9.92. The number of carboxylic acids is 1.